The molecule has 1 fully saturated rings. The van der Waals surface area contributed by atoms with Gasteiger partial charge in [-0.3, -0.25) is 4.79 Å². The lowest BCUT2D eigenvalue weighted by atomic mass is 9.98. The fraction of sp³-hybridized carbons (Fsp3) is 0.562. The quantitative estimate of drug-likeness (QED) is 0.787. The van der Waals surface area contributed by atoms with Crippen molar-refractivity contribution in [2.45, 2.75) is 19.8 Å². The number of nitrogens with one attached hydrogen (secondary N) is 2. The van der Waals surface area contributed by atoms with Crippen molar-refractivity contribution in [1.29, 1.82) is 0 Å². The molecular weight excluding hydrogens is 304 g/mol. The molecule has 22 heavy (non-hydrogen) atoms. The minimum atomic E-state index is 0. The Labute approximate surface area is 138 Å². The summed E-state index contributed by atoms with van der Waals surface area (Å²) in [5, 5.41) is 6.28. The molecule has 6 heteroatoms. The molecule has 1 aliphatic rings. The number of hydrogen-bond acceptors (Lipinski definition) is 4. The number of carbonyl (C=O) groups excluding carboxylic acids is 1. The van der Waals surface area contributed by atoms with Crippen molar-refractivity contribution in [3.05, 3.63) is 23.8 Å². The molecule has 2 rings (SSSR count). The van der Waals surface area contributed by atoms with E-state index in [0.717, 1.165) is 42.9 Å². The van der Waals surface area contributed by atoms with Gasteiger partial charge in [0.1, 0.15) is 12.4 Å². The Hall–Kier alpha value is -1.30. The zero-order chi connectivity index (χ0) is 15.1. The highest BCUT2D eigenvalue weighted by Crippen LogP contribution is 2.22. The first-order valence-corrected chi connectivity index (χ1v) is 7.44. The topological polar surface area (TPSA) is 59.6 Å². The minimum absolute atomic E-state index is 0. The van der Waals surface area contributed by atoms with Crippen LogP contribution in [-0.2, 0) is 9.53 Å². The van der Waals surface area contributed by atoms with Crippen LogP contribution in [0.3, 0.4) is 0 Å². The van der Waals surface area contributed by atoms with Gasteiger partial charge in [-0.15, -0.1) is 12.4 Å². The number of carbonyl (C=O) groups is 1. The molecular formula is C16H25ClN2O3. The first-order chi connectivity index (χ1) is 10.2. The van der Waals surface area contributed by atoms with Crippen LogP contribution >= 0.6 is 12.4 Å². The number of amides is 1. The van der Waals surface area contributed by atoms with Crippen LogP contribution in [0.4, 0.5) is 5.69 Å². The molecule has 1 heterocycles. The van der Waals surface area contributed by atoms with Gasteiger partial charge in [-0.1, -0.05) is 0 Å². The van der Waals surface area contributed by atoms with Gasteiger partial charge < -0.3 is 20.1 Å². The number of anilines is 1. The van der Waals surface area contributed by atoms with E-state index in [4.69, 9.17) is 9.47 Å². The lowest BCUT2D eigenvalue weighted by Gasteiger charge is -2.22. The standard InChI is InChI=1S/C16H24N2O3.ClH/c1-12-10-14(21-9-8-20-2)5-6-15(12)18-16(19)13-4-3-7-17-11-13;/h5-6,10,13,17H,3-4,7-9,11H2,1-2H3,(H,18,19);1H. The third kappa shape index (κ3) is 5.48. The summed E-state index contributed by atoms with van der Waals surface area (Å²) in [6, 6.07) is 5.70. The van der Waals surface area contributed by atoms with Gasteiger partial charge in [0.05, 0.1) is 12.5 Å². The Morgan fingerprint density at radius 3 is 2.86 bits per heavy atom. The predicted octanol–water partition coefficient (Wildman–Crippen LogP) is 2.38. The lowest BCUT2D eigenvalue weighted by molar-refractivity contribution is -0.120. The SMILES string of the molecule is COCCOc1ccc(NC(=O)C2CCCNC2)c(C)c1.Cl. The second-order valence-electron chi connectivity index (χ2n) is 5.35. The molecule has 0 spiro atoms. The van der Waals surface area contributed by atoms with E-state index in [0.29, 0.717) is 13.2 Å². The van der Waals surface area contributed by atoms with E-state index in [2.05, 4.69) is 10.6 Å². The van der Waals surface area contributed by atoms with Crippen LogP contribution in [0, 0.1) is 12.8 Å². The zero-order valence-electron chi connectivity index (χ0n) is 13.2. The molecule has 5 nitrogen and oxygen atoms in total. The molecule has 2 N–H and O–H groups in total. The summed E-state index contributed by atoms with van der Waals surface area (Å²) in [6.07, 6.45) is 2.01. The van der Waals surface area contributed by atoms with Gasteiger partial charge in [-0.25, -0.2) is 0 Å². The molecule has 1 atom stereocenters. The van der Waals surface area contributed by atoms with E-state index in [1.807, 2.05) is 25.1 Å². The van der Waals surface area contributed by atoms with E-state index < -0.39 is 0 Å². The maximum Gasteiger partial charge on any atom is 0.228 e. The highest BCUT2D eigenvalue weighted by molar-refractivity contribution is 5.93. The number of aryl methyl sites for hydroxylation is 1. The molecule has 0 bridgehead atoms. The Kier molecular flexibility index (Phi) is 8.24. The maximum atomic E-state index is 12.2. The van der Waals surface area contributed by atoms with Crippen LogP contribution in [0.1, 0.15) is 18.4 Å². The van der Waals surface area contributed by atoms with Gasteiger partial charge in [0, 0.05) is 19.3 Å². The van der Waals surface area contributed by atoms with E-state index in [1.165, 1.54) is 0 Å². The van der Waals surface area contributed by atoms with Crippen molar-refractivity contribution in [2.24, 2.45) is 5.92 Å². The van der Waals surface area contributed by atoms with Gasteiger partial charge >= 0.3 is 0 Å². The normalized spacial score (nSPS) is 17.5. The highest BCUT2D eigenvalue weighted by Gasteiger charge is 2.21. The van der Waals surface area contributed by atoms with Gasteiger partial charge in [0.25, 0.3) is 0 Å². The van der Waals surface area contributed by atoms with Gasteiger partial charge in [0.15, 0.2) is 0 Å². The van der Waals surface area contributed by atoms with Crippen molar-refractivity contribution in [2.75, 3.05) is 38.7 Å². The third-order valence-corrected chi connectivity index (χ3v) is 3.68. The molecule has 124 valence electrons. The average molecular weight is 329 g/mol. The summed E-state index contributed by atoms with van der Waals surface area (Å²) in [4.78, 5) is 12.2. The first-order valence-electron chi connectivity index (χ1n) is 7.44. The van der Waals surface area contributed by atoms with Gasteiger partial charge in [-0.05, 0) is 50.1 Å². The second kappa shape index (κ2) is 9.66. The smallest absolute Gasteiger partial charge is 0.228 e. The summed E-state index contributed by atoms with van der Waals surface area (Å²) < 4.78 is 10.5. The van der Waals surface area contributed by atoms with Crippen LogP contribution in [0.5, 0.6) is 5.75 Å². The fourth-order valence-corrected chi connectivity index (χ4v) is 2.42. The maximum absolute atomic E-state index is 12.2. The molecule has 1 saturated heterocycles. The Morgan fingerprint density at radius 1 is 1.41 bits per heavy atom. The molecule has 0 radical (unpaired) electrons. The zero-order valence-corrected chi connectivity index (χ0v) is 14.0. The number of hydrogen-bond donors (Lipinski definition) is 2. The lowest BCUT2D eigenvalue weighted by Crippen LogP contribution is -2.37. The number of rotatable bonds is 6. The molecule has 1 aromatic rings. The number of methoxy groups -OCH3 is 1. The van der Waals surface area contributed by atoms with Crippen molar-refractivity contribution in [3.8, 4) is 5.75 Å². The van der Waals surface area contributed by atoms with E-state index in [1.54, 1.807) is 7.11 Å². The van der Waals surface area contributed by atoms with Gasteiger partial charge in [0.2, 0.25) is 5.91 Å². The van der Waals surface area contributed by atoms with Crippen molar-refractivity contribution in [1.82, 2.24) is 5.32 Å². The summed E-state index contributed by atoms with van der Waals surface area (Å²) >= 11 is 0. The largest absolute Gasteiger partial charge is 0.491 e. The Bertz CT molecular complexity index is 476. The van der Waals surface area contributed by atoms with Crippen molar-refractivity contribution >= 4 is 24.0 Å². The van der Waals surface area contributed by atoms with E-state index in [9.17, 15) is 4.79 Å². The van der Waals surface area contributed by atoms with E-state index >= 15 is 0 Å². The molecule has 1 unspecified atom stereocenters. The highest BCUT2D eigenvalue weighted by atomic mass is 35.5. The molecule has 1 aromatic carbocycles. The van der Waals surface area contributed by atoms with Crippen LogP contribution in [0.2, 0.25) is 0 Å². The monoisotopic (exact) mass is 328 g/mol. The van der Waals surface area contributed by atoms with Crippen LogP contribution in [0.15, 0.2) is 18.2 Å². The minimum Gasteiger partial charge on any atom is -0.491 e. The Balaban J connectivity index is 0.00000242. The van der Waals surface area contributed by atoms with Crippen LogP contribution in [-0.4, -0.2) is 39.3 Å². The summed E-state index contributed by atoms with van der Waals surface area (Å²) in [7, 11) is 1.65. The van der Waals surface area contributed by atoms with Crippen molar-refractivity contribution in [3.63, 3.8) is 0 Å². The molecule has 0 aromatic heterocycles. The number of piperidine rings is 1. The fourth-order valence-electron chi connectivity index (χ4n) is 2.42. The predicted molar refractivity (Wildman–Crippen MR) is 90.0 cm³/mol. The van der Waals surface area contributed by atoms with Crippen LogP contribution < -0.4 is 15.4 Å². The molecule has 0 aliphatic carbocycles. The molecule has 0 saturated carbocycles. The summed E-state index contributed by atoms with van der Waals surface area (Å²) in [5.41, 5.74) is 1.85. The molecule has 1 amide bonds. The summed E-state index contributed by atoms with van der Waals surface area (Å²) in [6.45, 7) is 4.83. The number of ether oxygens (including phenoxy) is 2. The average Bonchev–Trinajstić information content (AvgIpc) is 2.51. The van der Waals surface area contributed by atoms with Crippen molar-refractivity contribution < 1.29 is 14.3 Å². The van der Waals surface area contributed by atoms with Crippen LogP contribution in [0.25, 0.3) is 0 Å². The molecule has 1 aliphatic heterocycles. The number of benzene rings is 1. The number of halogens is 1. The van der Waals surface area contributed by atoms with Gasteiger partial charge in [-0.2, -0.15) is 0 Å². The summed E-state index contributed by atoms with van der Waals surface area (Å²) in [5.74, 6) is 0.955. The third-order valence-electron chi connectivity index (χ3n) is 3.68. The first kappa shape index (κ1) is 18.7. The van der Waals surface area contributed by atoms with E-state index in [-0.39, 0.29) is 24.2 Å². The Morgan fingerprint density at radius 2 is 2.23 bits per heavy atom. The second-order valence-corrected chi connectivity index (χ2v) is 5.35.